The van der Waals surface area contributed by atoms with Crippen LogP contribution in [-0.2, 0) is 9.47 Å². The van der Waals surface area contributed by atoms with Crippen LogP contribution in [0.2, 0.25) is 0 Å². The van der Waals surface area contributed by atoms with Gasteiger partial charge in [-0.05, 0) is 0 Å². The zero-order valence-electron chi connectivity index (χ0n) is 7.38. The number of alkyl halides is 1. The molecule has 1 heterocycles. The first-order valence-electron chi connectivity index (χ1n) is 3.44. The third kappa shape index (κ3) is 2.94. The van der Waals surface area contributed by atoms with E-state index in [0.717, 1.165) is 5.71 Å². The summed E-state index contributed by atoms with van der Waals surface area (Å²) < 4.78 is 10.1. The van der Waals surface area contributed by atoms with E-state index in [1.807, 2.05) is 0 Å². The first kappa shape index (κ1) is 12.3. The Morgan fingerprint density at radius 3 is 2.38 bits per heavy atom. The largest absolute Gasteiger partial charge is 1.00 e. The van der Waals surface area contributed by atoms with Crippen LogP contribution >= 0.6 is 11.6 Å². The van der Waals surface area contributed by atoms with Gasteiger partial charge in [-0.25, -0.2) is 0 Å². The molecular weight excluding hydrogens is 213 g/mol. The van der Waals surface area contributed by atoms with Gasteiger partial charge in [0, 0.05) is 0 Å². The minimum atomic E-state index is 0. The quantitative estimate of drug-likeness (QED) is 0.520. The van der Waals surface area contributed by atoms with Crippen molar-refractivity contribution in [3.8, 4) is 0 Å². The number of hydrogen-bond acceptors (Lipinski definition) is 3. The Hall–Kier alpha value is -0.670. The molecule has 1 aliphatic heterocycles. The SMILES string of the molecule is COC1=C[N+]=C(CCl)C=C1OC.[Cl-]. The minimum absolute atomic E-state index is 0. The van der Waals surface area contributed by atoms with Crippen LogP contribution in [0.5, 0.6) is 0 Å². The number of methoxy groups -OCH3 is 2. The third-order valence-corrected chi connectivity index (χ3v) is 1.74. The molecule has 0 atom stereocenters. The molecule has 0 unspecified atom stereocenters. The van der Waals surface area contributed by atoms with Gasteiger partial charge in [-0.3, -0.25) is 0 Å². The molecule has 0 fully saturated rings. The Balaban J connectivity index is 0.00000144. The Morgan fingerprint density at radius 2 is 1.92 bits per heavy atom. The molecule has 13 heavy (non-hydrogen) atoms. The summed E-state index contributed by atoms with van der Waals surface area (Å²) in [6.07, 6.45) is 3.35. The molecule has 0 aromatic carbocycles. The predicted octanol–water partition coefficient (Wildman–Crippen LogP) is -1.96. The Bertz CT molecular complexity index is 259. The fourth-order valence-corrected chi connectivity index (χ4v) is 0.997. The molecule has 0 aromatic heterocycles. The van der Waals surface area contributed by atoms with Gasteiger partial charge < -0.3 is 21.9 Å². The van der Waals surface area contributed by atoms with E-state index >= 15 is 0 Å². The van der Waals surface area contributed by atoms with E-state index in [4.69, 9.17) is 21.1 Å². The van der Waals surface area contributed by atoms with Crippen LogP contribution in [0.3, 0.4) is 0 Å². The van der Waals surface area contributed by atoms with Gasteiger partial charge in [0.25, 0.3) is 11.9 Å². The Morgan fingerprint density at radius 1 is 1.31 bits per heavy atom. The molecule has 3 nitrogen and oxygen atoms in total. The molecule has 0 bridgehead atoms. The molecule has 0 spiro atoms. The molecule has 73 valence electrons. The van der Waals surface area contributed by atoms with Crippen molar-refractivity contribution in [2.45, 2.75) is 0 Å². The van der Waals surface area contributed by atoms with E-state index in [2.05, 4.69) is 4.99 Å². The molecular formula is C8H10Cl2NO2. The van der Waals surface area contributed by atoms with Crippen molar-refractivity contribution in [3.63, 3.8) is 0 Å². The summed E-state index contributed by atoms with van der Waals surface area (Å²) in [5.74, 6) is 1.65. The van der Waals surface area contributed by atoms with Gasteiger partial charge in [-0.1, -0.05) is 0 Å². The summed E-state index contributed by atoms with van der Waals surface area (Å²) in [5.41, 5.74) is 0.773. The number of aliphatic imine (C=N–C) groups is 1. The summed E-state index contributed by atoms with van der Waals surface area (Å²) in [4.78, 5) is 4.04. The maximum atomic E-state index is 5.59. The number of rotatable bonds is 3. The van der Waals surface area contributed by atoms with Crippen molar-refractivity contribution in [3.05, 3.63) is 23.8 Å². The summed E-state index contributed by atoms with van der Waals surface area (Å²) in [5, 5.41) is 0. The van der Waals surface area contributed by atoms with Crippen molar-refractivity contribution in [1.82, 2.24) is 4.99 Å². The van der Waals surface area contributed by atoms with E-state index in [1.165, 1.54) is 0 Å². The van der Waals surface area contributed by atoms with Crippen LogP contribution in [0, 0.1) is 0 Å². The Labute approximate surface area is 88.5 Å². The van der Waals surface area contributed by atoms with Gasteiger partial charge in [0.15, 0.2) is 5.76 Å². The van der Waals surface area contributed by atoms with E-state index in [9.17, 15) is 0 Å². The molecule has 1 aliphatic rings. The summed E-state index contributed by atoms with van der Waals surface area (Å²) >= 11 is 5.59. The van der Waals surface area contributed by atoms with Gasteiger partial charge in [-0.2, -0.15) is 0 Å². The average Bonchev–Trinajstić information content (AvgIpc) is 2.16. The monoisotopic (exact) mass is 222 g/mol. The second kappa shape index (κ2) is 5.89. The molecule has 1 rings (SSSR count). The topological polar surface area (TPSA) is 32.6 Å². The maximum absolute atomic E-state index is 5.59. The summed E-state index contributed by atoms with van der Waals surface area (Å²) in [6, 6.07) is 0. The first-order valence-corrected chi connectivity index (χ1v) is 3.98. The zero-order chi connectivity index (χ0) is 8.97. The highest BCUT2D eigenvalue weighted by Gasteiger charge is 2.19. The van der Waals surface area contributed by atoms with Crippen molar-refractivity contribution in [2.24, 2.45) is 0 Å². The number of halogens is 2. The second-order valence-corrected chi connectivity index (χ2v) is 2.43. The van der Waals surface area contributed by atoms with Crippen molar-refractivity contribution >= 4 is 17.3 Å². The van der Waals surface area contributed by atoms with E-state index in [-0.39, 0.29) is 12.4 Å². The lowest BCUT2D eigenvalue weighted by Crippen LogP contribution is -3.00. The lowest BCUT2D eigenvalue weighted by Gasteiger charge is -2.06. The van der Waals surface area contributed by atoms with Crippen LogP contribution in [-0.4, -0.2) is 25.8 Å². The molecule has 0 aromatic rings. The predicted molar refractivity (Wildman–Crippen MR) is 48.0 cm³/mol. The fourth-order valence-electron chi connectivity index (χ4n) is 0.851. The molecule has 0 aliphatic carbocycles. The molecule has 0 saturated carbocycles. The van der Waals surface area contributed by atoms with E-state index < -0.39 is 0 Å². The van der Waals surface area contributed by atoms with Crippen molar-refractivity contribution in [1.29, 1.82) is 0 Å². The van der Waals surface area contributed by atoms with Crippen LogP contribution < -0.4 is 17.4 Å². The summed E-state index contributed by atoms with van der Waals surface area (Å²) in [6.45, 7) is 0. The minimum Gasteiger partial charge on any atom is -1.00 e. The van der Waals surface area contributed by atoms with Gasteiger partial charge in [0.2, 0.25) is 5.76 Å². The fraction of sp³-hybridized carbons (Fsp3) is 0.375. The maximum Gasteiger partial charge on any atom is 0.288 e. The lowest BCUT2D eigenvalue weighted by molar-refractivity contribution is -0.00000313. The average molecular weight is 223 g/mol. The third-order valence-electron chi connectivity index (χ3n) is 1.46. The van der Waals surface area contributed by atoms with Crippen LogP contribution in [0.15, 0.2) is 23.8 Å². The van der Waals surface area contributed by atoms with Crippen LogP contribution in [0.1, 0.15) is 0 Å². The van der Waals surface area contributed by atoms with Crippen LogP contribution in [0.25, 0.3) is 0 Å². The molecule has 0 saturated heterocycles. The lowest BCUT2D eigenvalue weighted by atomic mass is 10.2. The number of allylic oxidation sites excluding steroid dienone is 1. The highest BCUT2D eigenvalue weighted by Crippen LogP contribution is 2.13. The van der Waals surface area contributed by atoms with Crippen molar-refractivity contribution in [2.75, 3.05) is 20.1 Å². The highest BCUT2D eigenvalue weighted by molar-refractivity contribution is 6.30. The normalized spacial score (nSPS) is 14.8. The smallest absolute Gasteiger partial charge is 0.288 e. The molecule has 0 amide bonds. The highest BCUT2D eigenvalue weighted by atomic mass is 35.5. The molecule has 5 heteroatoms. The van der Waals surface area contributed by atoms with Crippen molar-refractivity contribution < 1.29 is 21.9 Å². The first-order chi connectivity index (χ1) is 5.81. The zero-order valence-corrected chi connectivity index (χ0v) is 8.89. The van der Waals surface area contributed by atoms with Gasteiger partial charge >= 0.3 is 0 Å². The number of ether oxygens (including phenoxy) is 2. The van der Waals surface area contributed by atoms with Crippen LogP contribution in [0.4, 0.5) is 0 Å². The van der Waals surface area contributed by atoms with Gasteiger partial charge in [0.05, 0.1) is 25.3 Å². The molecule has 0 N–H and O–H groups in total. The van der Waals surface area contributed by atoms with E-state index in [1.54, 1.807) is 26.5 Å². The number of hydrogen-bond donors (Lipinski definition) is 0. The standard InChI is InChI=1S/C8H10ClNO2.ClH/c1-11-7-3-6(4-9)10-5-8(7)12-2;/h3,5H,4H2,1-2H3;1H/q+1;/p-1. The molecule has 1 radical (unpaired) electrons. The second-order valence-electron chi connectivity index (χ2n) is 2.16. The number of nitrogens with zero attached hydrogens (tertiary/aromatic N) is 1. The Kier molecular flexibility index (Phi) is 5.58. The van der Waals surface area contributed by atoms with Gasteiger partial charge in [0.1, 0.15) is 5.88 Å². The van der Waals surface area contributed by atoms with Gasteiger partial charge in [-0.15, -0.1) is 11.6 Å². The van der Waals surface area contributed by atoms with E-state index in [0.29, 0.717) is 17.4 Å². The summed E-state index contributed by atoms with van der Waals surface area (Å²) in [7, 11) is 3.15.